The topological polar surface area (TPSA) is 44.7 Å². The molecule has 0 radical (unpaired) electrons. The van der Waals surface area contributed by atoms with Crippen molar-refractivity contribution in [2.24, 2.45) is 5.41 Å². The van der Waals surface area contributed by atoms with Crippen molar-refractivity contribution in [1.82, 2.24) is 10.2 Å². The number of rotatable bonds is 6. The Morgan fingerprint density at radius 2 is 1.89 bits per heavy atom. The molecule has 19 heavy (non-hydrogen) atoms. The van der Waals surface area contributed by atoms with E-state index in [1.807, 2.05) is 20.8 Å². The lowest BCUT2D eigenvalue weighted by molar-refractivity contribution is -0.0484. The average molecular weight is 272 g/mol. The zero-order valence-corrected chi connectivity index (χ0v) is 13.3. The van der Waals surface area contributed by atoms with Crippen LogP contribution in [0.1, 0.15) is 40.5 Å². The Morgan fingerprint density at radius 1 is 1.32 bits per heavy atom. The first-order valence-corrected chi connectivity index (χ1v) is 7.41. The Morgan fingerprint density at radius 3 is 2.42 bits per heavy atom. The second-order valence-electron chi connectivity index (χ2n) is 7.32. The third-order valence-electron chi connectivity index (χ3n) is 3.83. The minimum atomic E-state index is -0.422. The van der Waals surface area contributed by atoms with Gasteiger partial charge < -0.3 is 20.1 Å². The van der Waals surface area contributed by atoms with Crippen LogP contribution >= 0.6 is 0 Å². The molecule has 1 aliphatic rings. The third-order valence-corrected chi connectivity index (χ3v) is 3.83. The van der Waals surface area contributed by atoms with E-state index in [1.165, 1.54) is 25.9 Å². The Bertz CT molecular complexity index is 255. The van der Waals surface area contributed by atoms with Gasteiger partial charge in [-0.05, 0) is 59.2 Å². The van der Waals surface area contributed by atoms with Crippen molar-refractivity contribution in [3.8, 4) is 0 Å². The van der Waals surface area contributed by atoms with Gasteiger partial charge in [0.05, 0.1) is 18.3 Å². The van der Waals surface area contributed by atoms with E-state index in [9.17, 15) is 5.11 Å². The van der Waals surface area contributed by atoms with Gasteiger partial charge in [0.1, 0.15) is 0 Å². The van der Waals surface area contributed by atoms with Gasteiger partial charge in [-0.3, -0.25) is 0 Å². The van der Waals surface area contributed by atoms with Crippen molar-refractivity contribution in [2.45, 2.75) is 52.2 Å². The summed E-state index contributed by atoms with van der Waals surface area (Å²) in [6, 6.07) is 0. The molecule has 0 bridgehead atoms. The number of likely N-dealkylation sites (tertiary alicyclic amines) is 1. The SMILES string of the molecule is CN1CCC(C)(CNCC(O)COC(C)(C)C)CC1. The number of hydrogen-bond acceptors (Lipinski definition) is 4. The van der Waals surface area contributed by atoms with Crippen LogP contribution in [0.2, 0.25) is 0 Å². The third kappa shape index (κ3) is 7.25. The number of nitrogens with one attached hydrogen (secondary N) is 1. The van der Waals surface area contributed by atoms with E-state index in [0.29, 0.717) is 18.6 Å². The van der Waals surface area contributed by atoms with Crippen LogP contribution in [0.25, 0.3) is 0 Å². The number of nitrogens with zero attached hydrogens (tertiary/aromatic N) is 1. The highest BCUT2D eigenvalue weighted by Gasteiger charge is 2.28. The van der Waals surface area contributed by atoms with Crippen LogP contribution in [0.15, 0.2) is 0 Å². The van der Waals surface area contributed by atoms with Crippen molar-refractivity contribution in [2.75, 3.05) is 39.8 Å². The Balaban J connectivity index is 2.15. The number of aliphatic hydroxyl groups is 1. The second-order valence-corrected chi connectivity index (χ2v) is 7.32. The molecule has 4 nitrogen and oxygen atoms in total. The van der Waals surface area contributed by atoms with Crippen LogP contribution in [0.5, 0.6) is 0 Å². The normalized spacial score (nSPS) is 22.4. The summed E-state index contributed by atoms with van der Waals surface area (Å²) in [5.41, 5.74) is 0.192. The van der Waals surface area contributed by atoms with E-state index in [0.717, 1.165) is 6.54 Å². The van der Waals surface area contributed by atoms with E-state index in [2.05, 4.69) is 24.2 Å². The predicted molar refractivity (Wildman–Crippen MR) is 79.4 cm³/mol. The van der Waals surface area contributed by atoms with Crippen molar-refractivity contribution >= 4 is 0 Å². The molecule has 0 saturated carbocycles. The minimum Gasteiger partial charge on any atom is -0.389 e. The molecule has 4 heteroatoms. The van der Waals surface area contributed by atoms with Crippen LogP contribution in [0.4, 0.5) is 0 Å². The fourth-order valence-corrected chi connectivity index (χ4v) is 2.28. The molecule has 1 fully saturated rings. The van der Waals surface area contributed by atoms with Crippen molar-refractivity contribution in [3.63, 3.8) is 0 Å². The van der Waals surface area contributed by atoms with Crippen LogP contribution in [-0.2, 0) is 4.74 Å². The highest BCUT2D eigenvalue weighted by atomic mass is 16.5. The molecule has 2 N–H and O–H groups in total. The largest absolute Gasteiger partial charge is 0.389 e. The van der Waals surface area contributed by atoms with Crippen molar-refractivity contribution < 1.29 is 9.84 Å². The monoisotopic (exact) mass is 272 g/mol. The fraction of sp³-hybridized carbons (Fsp3) is 1.00. The fourth-order valence-electron chi connectivity index (χ4n) is 2.28. The molecule has 1 rings (SSSR count). The molecule has 0 aromatic carbocycles. The van der Waals surface area contributed by atoms with Gasteiger partial charge in [-0.1, -0.05) is 6.92 Å². The lowest BCUT2D eigenvalue weighted by Crippen LogP contribution is -2.44. The molecule has 1 unspecified atom stereocenters. The number of hydrogen-bond donors (Lipinski definition) is 2. The summed E-state index contributed by atoms with van der Waals surface area (Å²) in [5.74, 6) is 0. The standard InChI is InChI=1S/C15H32N2O2/c1-14(2,3)19-11-13(18)10-16-12-15(4)6-8-17(5)9-7-15/h13,16,18H,6-12H2,1-5H3. The first-order valence-electron chi connectivity index (χ1n) is 7.41. The number of ether oxygens (including phenoxy) is 1. The number of aliphatic hydroxyl groups excluding tert-OH is 1. The van der Waals surface area contributed by atoms with Gasteiger partial charge in [-0.25, -0.2) is 0 Å². The molecule has 0 amide bonds. The van der Waals surface area contributed by atoms with Crippen LogP contribution in [-0.4, -0.2) is 61.5 Å². The molecule has 0 spiro atoms. The van der Waals surface area contributed by atoms with E-state index >= 15 is 0 Å². The second kappa shape index (κ2) is 7.02. The van der Waals surface area contributed by atoms with Gasteiger partial charge in [-0.2, -0.15) is 0 Å². The molecular formula is C15H32N2O2. The van der Waals surface area contributed by atoms with Crippen molar-refractivity contribution in [3.05, 3.63) is 0 Å². The summed E-state index contributed by atoms with van der Waals surface area (Å²) in [5, 5.41) is 13.3. The molecule has 1 atom stereocenters. The van der Waals surface area contributed by atoms with E-state index in [4.69, 9.17) is 4.74 Å². The van der Waals surface area contributed by atoms with Gasteiger partial charge in [0, 0.05) is 13.1 Å². The van der Waals surface area contributed by atoms with E-state index < -0.39 is 6.10 Å². The first-order chi connectivity index (χ1) is 8.70. The average Bonchev–Trinajstić information content (AvgIpc) is 2.30. The maximum Gasteiger partial charge on any atom is 0.0897 e. The lowest BCUT2D eigenvalue weighted by Gasteiger charge is -2.38. The van der Waals surface area contributed by atoms with Crippen LogP contribution in [0, 0.1) is 5.41 Å². The molecule has 0 aromatic heterocycles. The van der Waals surface area contributed by atoms with Crippen LogP contribution in [0.3, 0.4) is 0 Å². The molecule has 1 saturated heterocycles. The van der Waals surface area contributed by atoms with Gasteiger partial charge in [0.25, 0.3) is 0 Å². The zero-order chi connectivity index (χ0) is 14.5. The van der Waals surface area contributed by atoms with Crippen molar-refractivity contribution in [1.29, 1.82) is 0 Å². The summed E-state index contributed by atoms with van der Waals surface area (Å²) in [6.45, 7) is 12.7. The van der Waals surface area contributed by atoms with Gasteiger partial charge in [0.2, 0.25) is 0 Å². The zero-order valence-electron chi connectivity index (χ0n) is 13.3. The highest BCUT2D eigenvalue weighted by Crippen LogP contribution is 2.29. The van der Waals surface area contributed by atoms with E-state index in [-0.39, 0.29) is 5.60 Å². The quantitative estimate of drug-likeness (QED) is 0.769. The molecule has 0 aliphatic carbocycles. The highest BCUT2D eigenvalue weighted by molar-refractivity contribution is 4.83. The number of piperidine rings is 1. The van der Waals surface area contributed by atoms with Crippen LogP contribution < -0.4 is 5.32 Å². The smallest absolute Gasteiger partial charge is 0.0897 e. The summed E-state index contributed by atoms with van der Waals surface area (Å²) >= 11 is 0. The van der Waals surface area contributed by atoms with E-state index in [1.54, 1.807) is 0 Å². The molecular weight excluding hydrogens is 240 g/mol. The Labute approximate surface area is 118 Å². The summed E-state index contributed by atoms with van der Waals surface area (Å²) in [7, 11) is 2.18. The molecule has 1 heterocycles. The molecule has 1 aliphatic heterocycles. The van der Waals surface area contributed by atoms with Gasteiger partial charge >= 0.3 is 0 Å². The van der Waals surface area contributed by atoms with Gasteiger partial charge in [-0.15, -0.1) is 0 Å². The maximum absolute atomic E-state index is 9.87. The molecule has 0 aromatic rings. The Hall–Kier alpha value is -0.160. The van der Waals surface area contributed by atoms with Gasteiger partial charge in [0.15, 0.2) is 0 Å². The Kier molecular flexibility index (Phi) is 6.24. The lowest BCUT2D eigenvalue weighted by atomic mass is 9.80. The molecule has 114 valence electrons. The minimum absolute atomic E-state index is 0.180. The summed E-state index contributed by atoms with van der Waals surface area (Å²) in [6.07, 6.45) is 2.03. The predicted octanol–water partition coefficient (Wildman–Crippen LogP) is 1.48. The first kappa shape index (κ1) is 16.9. The summed E-state index contributed by atoms with van der Waals surface area (Å²) < 4.78 is 5.58. The summed E-state index contributed by atoms with van der Waals surface area (Å²) in [4.78, 5) is 2.38. The maximum atomic E-state index is 9.87.